The second kappa shape index (κ2) is 5.93. The molecular formula is C16H15N3OS. The van der Waals surface area contributed by atoms with Crippen molar-refractivity contribution in [1.82, 2.24) is 14.9 Å². The summed E-state index contributed by atoms with van der Waals surface area (Å²) in [6.07, 6.45) is 0. The van der Waals surface area contributed by atoms with Gasteiger partial charge in [-0.05, 0) is 29.9 Å². The van der Waals surface area contributed by atoms with Gasteiger partial charge < -0.3 is 14.9 Å². The van der Waals surface area contributed by atoms with E-state index in [1.165, 1.54) is 0 Å². The van der Waals surface area contributed by atoms with Crippen molar-refractivity contribution in [1.29, 1.82) is 0 Å². The van der Waals surface area contributed by atoms with E-state index in [-0.39, 0.29) is 12.5 Å². The number of imidazole rings is 1. The number of rotatable bonds is 4. The number of aromatic amines is 1. The molecule has 0 bridgehead atoms. The van der Waals surface area contributed by atoms with Crippen LogP contribution in [0.25, 0.3) is 11.0 Å². The van der Waals surface area contributed by atoms with Crippen LogP contribution in [0, 0.1) is 4.77 Å². The Hall–Kier alpha value is -2.40. The fourth-order valence-electron chi connectivity index (χ4n) is 2.26. The van der Waals surface area contributed by atoms with E-state index >= 15 is 0 Å². The molecule has 0 fully saturated rings. The van der Waals surface area contributed by atoms with Crippen LogP contribution in [0.4, 0.5) is 0 Å². The van der Waals surface area contributed by atoms with Crippen molar-refractivity contribution < 1.29 is 4.79 Å². The highest BCUT2D eigenvalue weighted by atomic mass is 32.1. The van der Waals surface area contributed by atoms with Gasteiger partial charge in [0, 0.05) is 6.54 Å². The third-order valence-corrected chi connectivity index (χ3v) is 3.64. The minimum absolute atomic E-state index is 0.0558. The molecule has 0 aliphatic heterocycles. The molecule has 0 saturated heterocycles. The van der Waals surface area contributed by atoms with Gasteiger partial charge in [-0.2, -0.15) is 0 Å². The Morgan fingerprint density at radius 2 is 1.81 bits per heavy atom. The minimum atomic E-state index is -0.0558. The Balaban J connectivity index is 1.72. The lowest BCUT2D eigenvalue weighted by molar-refractivity contribution is -0.121. The number of carbonyl (C=O) groups excluding carboxylic acids is 1. The molecule has 1 amide bonds. The Bertz CT molecular complexity index is 820. The number of hydrogen-bond donors (Lipinski definition) is 2. The number of amides is 1. The third-order valence-electron chi connectivity index (χ3n) is 3.32. The van der Waals surface area contributed by atoms with Gasteiger partial charge in [-0.1, -0.05) is 42.5 Å². The van der Waals surface area contributed by atoms with Gasteiger partial charge in [-0.15, -0.1) is 0 Å². The van der Waals surface area contributed by atoms with E-state index in [2.05, 4.69) is 10.3 Å². The molecule has 0 atom stereocenters. The fourth-order valence-corrected chi connectivity index (χ4v) is 2.53. The summed E-state index contributed by atoms with van der Waals surface area (Å²) in [5.41, 5.74) is 2.96. The first kappa shape index (κ1) is 13.6. The Morgan fingerprint density at radius 3 is 2.62 bits per heavy atom. The largest absolute Gasteiger partial charge is 0.350 e. The van der Waals surface area contributed by atoms with Gasteiger partial charge in [0.1, 0.15) is 6.54 Å². The van der Waals surface area contributed by atoms with Crippen LogP contribution < -0.4 is 5.32 Å². The van der Waals surface area contributed by atoms with Gasteiger partial charge in [-0.25, -0.2) is 0 Å². The van der Waals surface area contributed by atoms with Crippen molar-refractivity contribution in [2.75, 3.05) is 0 Å². The van der Waals surface area contributed by atoms with Gasteiger partial charge in [0.25, 0.3) is 0 Å². The number of carbonyl (C=O) groups is 1. The van der Waals surface area contributed by atoms with Crippen LogP contribution in [0.5, 0.6) is 0 Å². The van der Waals surface area contributed by atoms with Crippen LogP contribution in [0.15, 0.2) is 54.6 Å². The molecule has 2 aromatic carbocycles. The molecule has 0 saturated carbocycles. The Labute approximate surface area is 127 Å². The molecule has 4 nitrogen and oxygen atoms in total. The molecule has 21 heavy (non-hydrogen) atoms. The van der Waals surface area contributed by atoms with Crippen LogP contribution in [0.3, 0.4) is 0 Å². The lowest BCUT2D eigenvalue weighted by atomic mass is 10.2. The molecule has 1 heterocycles. The highest BCUT2D eigenvalue weighted by Crippen LogP contribution is 2.13. The zero-order valence-corrected chi connectivity index (χ0v) is 12.2. The average Bonchev–Trinajstić information content (AvgIpc) is 2.82. The zero-order valence-electron chi connectivity index (χ0n) is 11.4. The number of nitrogens with one attached hydrogen (secondary N) is 2. The monoisotopic (exact) mass is 297 g/mol. The SMILES string of the molecule is O=C(Cn1c(=S)[nH]c2ccccc21)NCc1ccccc1. The van der Waals surface area contributed by atoms with E-state index < -0.39 is 0 Å². The van der Waals surface area contributed by atoms with Crippen molar-refractivity contribution in [2.45, 2.75) is 13.1 Å². The van der Waals surface area contributed by atoms with Crippen LogP contribution in [-0.4, -0.2) is 15.5 Å². The topological polar surface area (TPSA) is 49.8 Å². The summed E-state index contributed by atoms with van der Waals surface area (Å²) in [7, 11) is 0. The normalized spacial score (nSPS) is 10.7. The molecule has 0 spiro atoms. The predicted molar refractivity (Wildman–Crippen MR) is 85.4 cm³/mol. The fraction of sp³-hybridized carbons (Fsp3) is 0.125. The molecule has 0 radical (unpaired) electrons. The van der Waals surface area contributed by atoms with E-state index in [9.17, 15) is 4.79 Å². The van der Waals surface area contributed by atoms with Crippen LogP contribution in [0.2, 0.25) is 0 Å². The molecule has 3 aromatic rings. The van der Waals surface area contributed by atoms with E-state index in [0.29, 0.717) is 11.3 Å². The number of H-pyrrole nitrogens is 1. The van der Waals surface area contributed by atoms with Gasteiger partial charge in [-0.3, -0.25) is 4.79 Å². The lowest BCUT2D eigenvalue weighted by Crippen LogP contribution is -2.27. The average molecular weight is 297 g/mol. The third kappa shape index (κ3) is 3.03. The first-order valence-corrected chi connectivity index (χ1v) is 7.13. The zero-order chi connectivity index (χ0) is 14.7. The number of benzene rings is 2. The molecule has 0 unspecified atom stereocenters. The summed E-state index contributed by atoms with van der Waals surface area (Å²) in [5, 5.41) is 2.91. The second-order valence-electron chi connectivity index (χ2n) is 4.80. The maximum atomic E-state index is 12.1. The van der Waals surface area contributed by atoms with E-state index in [4.69, 9.17) is 12.2 Å². The quantitative estimate of drug-likeness (QED) is 0.727. The van der Waals surface area contributed by atoms with E-state index in [1.807, 2.05) is 59.2 Å². The van der Waals surface area contributed by atoms with Gasteiger partial charge in [0.05, 0.1) is 11.0 Å². The summed E-state index contributed by atoms with van der Waals surface area (Å²) >= 11 is 5.28. The number of fused-ring (bicyclic) bond motifs is 1. The van der Waals surface area contributed by atoms with E-state index in [1.54, 1.807) is 0 Å². The first-order valence-electron chi connectivity index (χ1n) is 6.72. The summed E-state index contributed by atoms with van der Waals surface area (Å²) in [4.78, 5) is 15.2. The highest BCUT2D eigenvalue weighted by molar-refractivity contribution is 7.71. The number of nitrogens with zero attached hydrogens (tertiary/aromatic N) is 1. The predicted octanol–water partition coefficient (Wildman–Crippen LogP) is 3.02. The Morgan fingerprint density at radius 1 is 1.10 bits per heavy atom. The maximum absolute atomic E-state index is 12.1. The molecule has 0 aliphatic rings. The number of hydrogen-bond acceptors (Lipinski definition) is 2. The molecule has 106 valence electrons. The summed E-state index contributed by atoms with van der Waals surface area (Å²) in [5.74, 6) is -0.0558. The van der Waals surface area contributed by atoms with Crippen LogP contribution in [0.1, 0.15) is 5.56 Å². The summed E-state index contributed by atoms with van der Waals surface area (Å²) in [6.45, 7) is 0.741. The maximum Gasteiger partial charge on any atom is 0.240 e. The van der Waals surface area contributed by atoms with Crippen molar-refractivity contribution in [2.24, 2.45) is 0 Å². The molecule has 5 heteroatoms. The standard InChI is InChI=1S/C16H15N3OS/c20-15(17-10-12-6-2-1-3-7-12)11-19-14-9-5-4-8-13(14)18-16(19)21/h1-9H,10-11H2,(H,17,20)(H,18,21). The van der Waals surface area contributed by atoms with E-state index in [0.717, 1.165) is 16.6 Å². The second-order valence-corrected chi connectivity index (χ2v) is 5.18. The molecular weight excluding hydrogens is 282 g/mol. The summed E-state index contributed by atoms with van der Waals surface area (Å²) in [6, 6.07) is 17.6. The van der Waals surface area contributed by atoms with Crippen LogP contribution in [-0.2, 0) is 17.9 Å². The lowest BCUT2D eigenvalue weighted by Gasteiger charge is -2.07. The number of para-hydroxylation sites is 2. The molecule has 1 aromatic heterocycles. The van der Waals surface area contributed by atoms with Crippen molar-refractivity contribution in [3.63, 3.8) is 0 Å². The smallest absolute Gasteiger partial charge is 0.240 e. The molecule has 3 rings (SSSR count). The van der Waals surface area contributed by atoms with Crippen molar-refractivity contribution in [3.8, 4) is 0 Å². The summed E-state index contributed by atoms with van der Waals surface area (Å²) < 4.78 is 2.37. The number of aromatic nitrogens is 2. The highest BCUT2D eigenvalue weighted by Gasteiger charge is 2.08. The van der Waals surface area contributed by atoms with Gasteiger partial charge >= 0.3 is 0 Å². The first-order chi connectivity index (χ1) is 10.2. The van der Waals surface area contributed by atoms with Gasteiger partial charge in [0.15, 0.2) is 4.77 Å². The van der Waals surface area contributed by atoms with Crippen LogP contribution >= 0.6 is 12.2 Å². The molecule has 0 aliphatic carbocycles. The Kier molecular flexibility index (Phi) is 3.83. The van der Waals surface area contributed by atoms with Gasteiger partial charge in [0.2, 0.25) is 5.91 Å². The van der Waals surface area contributed by atoms with Crippen molar-refractivity contribution in [3.05, 3.63) is 64.9 Å². The molecule has 2 N–H and O–H groups in total. The van der Waals surface area contributed by atoms with Crippen molar-refractivity contribution >= 4 is 29.2 Å². The minimum Gasteiger partial charge on any atom is -0.350 e.